The van der Waals surface area contributed by atoms with Gasteiger partial charge in [-0.1, -0.05) is 6.92 Å². The van der Waals surface area contributed by atoms with Crippen LogP contribution >= 0.6 is 11.8 Å². The Morgan fingerprint density at radius 3 is 2.57 bits per heavy atom. The molecule has 2 heterocycles. The molecule has 0 N–H and O–H groups in total. The molecule has 1 amide bonds. The van der Waals surface area contributed by atoms with Gasteiger partial charge in [0, 0.05) is 30.5 Å². The third kappa shape index (κ3) is 4.01. The van der Waals surface area contributed by atoms with Crippen LogP contribution in [-0.2, 0) is 6.18 Å². The average Bonchev–Trinajstić information content (AvgIpc) is 2.54. The Morgan fingerprint density at radius 1 is 1.26 bits per heavy atom. The molecule has 23 heavy (non-hydrogen) atoms. The quantitative estimate of drug-likeness (QED) is 0.792. The van der Waals surface area contributed by atoms with Crippen molar-refractivity contribution in [3.8, 4) is 0 Å². The van der Waals surface area contributed by atoms with Crippen molar-refractivity contribution in [3.05, 3.63) is 47.9 Å². The zero-order valence-corrected chi connectivity index (χ0v) is 13.3. The fourth-order valence-electron chi connectivity index (χ4n) is 1.86. The molecule has 0 saturated carbocycles. The van der Waals surface area contributed by atoms with E-state index in [9.17, 15) is 18.0 Å². The van der Waals surface area contributed by atoms with Gasteiger partial charge in [0.05, 0.1) is 11.1 Å². The van der Waals surface area contributed by atoms with Crippen LogP contribution in [0.25, 0.3) is 0 Å². The van der Waals surface area contributed by atoms with Crippen molar-refractivity contribution in [2.75, 3.05) is 17.7 Å². The van der Waals surface area contributed by atoms with Crippen molar-refractivity contribution >= 4 is 23.5 Å². The molecule has 122 valence electrons. The molecule has 0 bridgehead atoms. The fraction of sp³-hybridized carbons (Fsp3) is 0.267. The minimum absolute atomic E-state index is 0.146. The van der Waals surface area contributed by atoms with Gasteiger partial charge in [0.25, 0.3) is 5.91 Å². The van der Waals surface area contributed by atoms with Gasteiger partial charge in [-0.25, -0.2) is 4.98 Å². The summed E-state index contributed by atoms with van der Waals surface area (Å²) in [7, 11) is 1.47. The number of hydrogen-bond acceptors (Lipinski definition) is 4. The zero-order valence-electron chi connectivity index (χ0n) is 12.5. The van der Waals surface area contributed by atoms with E-state index in [1.54, 1.807) is 12.3 Å². The summed E-state index contributed by atoms with van der Waals surface area (Å²) in [5, 5.41) is 0. The first-order chi connectivity index (χ1) is 10.8. The van der Waals surface area contributed by atoms with Gasteiger partial charge in [0.1, 0.15) is 5.82 Å². The summed E-state index contributed by atoms with van der Waals surface area (Å²) in [5.41, 5.74) is -0.413. The Kier molecular flexibility index (Phi) is 5.25. The number of aromatic nitrogens is 2. The van der Waals surface area contributed by atoms with E-state index in [-0.39, 0.29) is 11.7 Å². The Balaban J connectivity index is 2.26. The lowest BCUT2D eigenvalue weighted by atomic mass is 10.2. The summed E-state index contributed by atoms with van der Waals surface area (Å²) in [6.45, 7) is 1.95. The number of nitrogens with zero attached hydrogens (tertiary/aromatic N) is 3. The number of anilines is 1. The molecule has 0 atom stereocenters. The highest BCUT2D eigenvalue weighted by molar-refractivity contribution is 7.99. The molecule has 0 aliphatic heterocycles. The first-order valence-corrected chi connectivity index (χ1v) is 7.71. The predicted octanol–water partition coefficient (Wildman–Crippen LogP) is 3.88. The number of carbonyl (C=O) groups excluding carboxylic acids is 1. The van der Waals surface area contributed by atoms with E-state index < -0.39 is 11.7 Å². The molecular weight excluding hydrogens is 327 g/mol. The number of carbonyl (C=O) groups is 1. The van der Waals surface area contributed by atoms with Crippen LogP contribution in [0.2, 0.25) is 0 Å². The smallest absolute Gasteiger partial charge is 0.296 e. The van der Waals surface area contributed by atoms with Gasteiger partial charge in [-0.15, -0.1) is 11.8 Å². The van der Waals surface area contributed by atoms with Crippen molar-refractivity contribution in [1.82, 2.24) is 9.97 Å². The molecule has 2 rings (SSSR count). The second-order valence-corrected chi connectivity index (χ2v) is 5.88. The lowest BCUT2D eigenvalue weighted by Gasteiger charge is -2.18. The molecule has 0 aliphatic carbocycles. The minimum atomic E-state index is -4.45. The lowest BCUT2D eigenvalue weighted by molar-refractivity contribution is -0.137. The average molecular weight is 341 g/mol. The van der Waals surface area contributed by atoms with Gasteiger partial charge in [-0.2, -0.15) is 13.2 Å². The van der Waals surface area contributed by atoms with Gasteiger partial charge in [0.15, 0.2) is 0 Å². The normalized spacial score (nSPS) is 11.3. The number of rotatable bonds is 4. The van der Waals surface area contributed by atoms with E-state index in [4.69, 9.17) is 0 Å². The maximum atomic E-state index is 12.6. The molecule has 0 fully saturated rings. The second kappa shape index (κ2) is 6.99. The van der Waals surface area contributed by atoms with E-state index in [1.165, 1.54) is 36.0 Å². The van der Waals surface area contributed by atoms with Crippen molar-refractivity contribution in [2.45, 2.75) is 18.0 Å². The zero-order chi connectivity index (χ0) is 17.0. The van der Waals surface area contributed by atoms with Crippen LogP contribution in [0.1, 0.15) is 22.8 Å². The number of thioether (sulfide) groups is 1. The summed E-state index contributed by atoms with van der Waals surface area (Å²) in [4.78, 5) is 22.2. The van der Waals surface area contributed by atoms with E-state index >= 15 is 0 Å². The number of alkyl halides is 3. The molecule has 8 heteroatoms. The molecule has 0 spiro atoms. The first kappa shape index (κ1) is 17.3. The first-order valence-electron chi connectivity index (χ1n) is 6.72. The Labute approximate surface area is 135 Å². The summed E-state index contributed by atoms with van der Waals surface area (Å²) < 4.78 is 37.7. The minimum Gasteiger partial charge on any atom is -0.296 e. The summed E-state index contributed by atoms with van der Waals surface area (Å²) in [5.74, 6) is 0.566. The SMILES string of the molecule is CCSc1cnccc1C(=O)N(C)c1ccc(C(F)(F)F)cn1. The third-order valence-electron chi connectivity index (χ3n) is 3.04. The van der Waals surface area contributed by atoms with Gasteiger partial charge >= 0.3 is 6.18 Å². The van der Waals surface area contributed by atoms with Crippen LogP contribution in [0, 0.1) is 0 Å². The van der Waals surface area contributed by atoms with E-state index in [1.807, 2.05) is 6.92 Å². The second-order valence-electron chi connectivity index (χ2n) is 4.57. The highest BCUT2D eigenvalue weighted by Crippen LogP contribution is 2.29. The lowest BCUT2D eigenvalue weighted by Crippen LogP contribution is -2.27. The molecule has 0 radical (unpaired) electrons. The van der Waals surface area contributed by atoms with E-state index in [0.29, 0.717) is 11.8 Å². The Morgan fingerprint density at radius 2 is 2.00 bits per heavy atom. The van der Waals surface area contributed by atoms with Gasteiger partial charge in [0.2, 0.25) is 0 Å². The largest absolute Gasteiger partial charge is 0.417 e. The highest BCUT2D eigenvalue weighted by atomic mass is 32.2. The summed E-state index contributed by atoms with van der Waals surface area (Å²) in [6, 6.07) is 3.66. The molecular formula is C15H14F3N3OS. The van der Waals surface area contributed by atoms with Gasteiger partial charge in [-0.05, 0) is 24.0 Å². The van der Waals surface area contributed by atoms with E-state index in [0.717, 1.165) is 16.7 Å². The summed E-state index contributed by atoms with van der Waals surface area (Å²) >= 11 is 1.47. The van der Waals surface area contributed by atoms with Crippen LogP contribution < -0.4 is 4.90 Å². The van der Waals surface area contributed by atoms with Crippen molar-refractivity contribution in [1.29, 1.82) is 0 Å². The maximum absolute atomic E-state index is 12.6. The topological polar surface area (TPSA) is 46.1 Å². The van der Waals surface area contributed by atoms with Crippen LogP contribution in [-0.4, -0.2) is 28.7 Å². The molecule has 0 saturated heterocycles. The van der Waals surface area contributed by atoms with Crippen molar-refractivity contribution in [2.24, 2.45) is 0 Å². The van der Waals surface area contributed by atoms with Crippen LogP contribution in [0.3, 0.4) is 0 Å². The Hall–Kier alpha value is -2.09. The van der Waals surface area contributed by atoms with Gasteiger partial charge < -0.3 is 0 Å². The van der Waals surface area contributed by atoms with Crippen LogP contribution in [0.15, 0.2) is 41.7 Å². The Bertz CT molecular complexity index is 689. The van der Waals surface area contributed by atoms with Gasteiger partial charge in [-0.3, -0.25) is 14.7 Å². The number of amides is 1. The standard InChI is InChI=1S/C15H14F3N3OS/c1-3-23-12-9-19-7-6-11(12)14(22)21(2)13-5-4-10(8-20-13)15(16,17)18/h4-9H,3H2,1-2H3. The predicted molar refractivity (Wildman–Crippen MR) is 82.6 cm³/mol. The molecule has 2 aromatic heterocycles. The molecule has 0 unspecified atom stereocenters. The molecule has 0 aliphatic rings. The van der Waals surface area contributed by atoms with Crippen molar-refractivity contribution in [3.63, 3.8) is 0 Å². The summed E-state index contributed by atoms with van der Waals surface area (Å²) in [6.07, 6.45) is -0.645. The third-order valence-corrected chi connectivity index (χ3v) is 3.96. The van der Waals surface area contributed by atoms with Crippen LogP contribution in [0.5, 0.6) is 0 Å². The van der Waals surface area contributed by atoms with Crippen molar-refractivity contribution < 1.29 is 18.0 Å². The highest BCUT2D eigenvalue weighted by Gasteiger charge is 2.31. The monoisotopic (exact) mass is 341 g/mol. The molecule has 4 nitrogen and oxygen atoms in total. The fourth-order valence-corrected chi connectivity index (χ4v) is 2.62. The molecule has 0 aromatic carbocycles. The maximum Gasteiger partial charge on any atom is 0.417 e. The number of hydrogen-bond donors (Lipinski definition) is 0. The molecule has 2 aromatic rings. The number of pyridine rings is 2. The number of halogens is 3. The van der Waals surface area contributed by atoms with E-state index in [2.05, 4.69) is 9.97 Å². The van der Waals surface area contributed by atoms with Crippen LogP contribution in [0.4, 0.5) is 19.0 Å².